The molecule has 74 valence electrons. The zero-order chi connectivity index (χ0) is 10.2. The number of hydrogen-bond acceptors (Lipinski definition) is 4. The van der Waals surface area contributed by atoms with Crippen LogP contribution in [0.3, 0.4) is 0 Å². The molecule has 0 aromatic rings. The minimum Gasteiger partial charge on any atom is -1.00 e. The van der Waals surface area contributed by atoms with Crippen LogP contribution in [0.2, 0.25) is 0 Å². The first-order chi connectivity index (χ1) is 5.81. The summed E-state index contributed by atoms with van der Waals surface area (Å²) in [4.78, 5) is 33.7. The maximum absolute atomic E-state index is 11.1. The molecule has 0 aliphatic carbocycles. The van der Waals surface area contributed by atoms with Crippen LogP contribution in [-0.2, 0) is 9.59 Å². The molecule has 0 radical (unpaired) electrons. The van der Waals surface area contributed by atoms with Gasteiger partial charge in [-0.15, -0.1) is 0 Å². The summed E-state index contributed by atoms with van der Waals surface area (Å²) >= 11 is 4.16. The molecule has 1 N–H and O–H groups in total. The molecular formula is C7H11N2NaO3S. The van der Waals surface area contributed by atoms with Gasteiger partial charge < -0.3 is 1.43 Å². The van der Waals surface area contributed by atoms with Crippen LogP contribution < -0.4 is 34.9 Å². The van der Waals surface area contributed by atoms with Crippen molar-refractivity contribution < 1.29 is 45.4 Å². The minimum absolute atomic E-state index is 0. The van der Waals surface area contributed by atoms with Crippen molar-refractivity contribution in [3.8, 4) is 0 Å². The largest absolute Gasteiger partial charge is 1.00 e. The van der Waals surface area contributed by atoms with Crippen LogP contribution >= 0.6 is 12.6 Å². The molecule has 1 heterocycles. The van der Waals surface area contributed by atoms with Gasteiger partial charge in [0.1, 0.15) is 0 Å². The van der Waals surface area contributed by atoms with Crippen molar-refractivity contribution in [2.24, 2.45) is 0 Å². The van der Waals surface area contributed by atoms with Crippen molar-refractivity contribution in [3.63, 3.8) is 0 Å². The Hall–Kier alpha value is -0.0400. The third-order valence-electron chi connectivity index (χ3n) is 1.45. The number of rotatable bonds is 2. The Morgan fingerprint density at radius 1 is 1.43 bits per heavy atom. The second-order valence-corrected chi connectivity index (χ2v) is 4.67. The zero-order valence-electron chi connectivity index (χ0n) is 9.33. The first kappa shape index (κ1) is 14.0. The van der Waals surface area contributed by atoms with E-state index in [1.54, 1.807) is 13.8 Å². The second kappa shape index (κ2) is 4.65. The van der Waals surface area contributed by atoms with Crippen LogP contribution in [0.15, 0.2) is 0 Å². The molecule has 0 aromatic heterocycles. The van der Waals surface area contributed by atoms with Gasteiger partial charge in [0.25, 0.3) is 0 Å². The third kappa shape index (κ3) is 3.27. The Bertz CT molecular complexity index is 292. The van der Waals surface area contributed by atoms with E-state index in [0.717, 1.165) is 4.90 Å². The number of nitrogens with one attached hydrogen (secondary N) is 1. The van der Waals surface area contributed by atoms with Gasteiger partial charge in [-0.1, -0.05) is 0 Å². The summed E-state index contributed by atoms with van der Waals surface area (Å²) in [6.07, 6.45) is 0. The van der Waals surface area contributed by atoms with E-state index in [0.29, 0.717) is 0 Å². The fourth-order valence-corrected chi connectivity index (χ4v) is 1.10. The smallest absolute Gasteiger partial charge is 1.00 e. The normalized spacial score (nSPS) is 16.8. The Morgan fingerprint density at radius 3 is 2.21 bits per heavy atom. The Kier molecular flexibility index (Phi) is 4.64. The van der Waals surface area contributed by atoms with Gasteiger partial charge in [0, 0.05) is 11.3 Å². The van der Waals surface area contributed by atoms with Crippen LogP contribution in [-0.4, -0.2) is 34.0 Å². The van der Waals surface area contributed by atoms with Crippen molar-refractivity contribution in [1.82, 2.24) is 10.2 Å². The van der Waals surface area contributed by atoms with Gasteiger partial charge in [-0.2, -0.15) is 12.6 Å². The summed E-state index contributed by atoms with van der Waals surface area (Å²) in [5.41, 5.74) is 0. The molecule has 0 unspecified atom stereocenters. The van der Waals surface area contributed by atoms with E-state index in [4.69, 9.17) is 0 Å². The SMILES string of the molecule is CC(C)(S)CN1C(=O)NC(=O)C1=O.[H-].[Na+]. The van der Waals surface area contributed by atoms with Crippen molar-refractivity contribution in [3.05, 3.63) is 0 Å². The molecule has 7 heteroatoms. The maximum Gasteiger partial charge on any atom is 1.00 e. The van der Waals surface area contributed by atoms with Gasteiger partial charge in [-0.05, 0) is 13.8 Å². The summed E-state index contributed by atoms with van der Waals surface area (Å²) in [5, 5.41) is 1.90. The van der Waals surface area contributed by atoms with E-state index in [1.807, 2.05) is 5.32 Å². The number of imide groups is 2. The summed E-state index contributed by atoms with van der Waals surface area (Å²) < 4.78 is -0.502. The van der Waals surface area contributed by atoms with Crippen LogP contribution in [0.5, 0.6) is 0 Å². The number of thiol groups is 1. The Labute approximate surface area is 111 Å². The van der Waals surface area contributed by atoms with Crippen LogP contribution in [0.1, 0.15) is 15.3 Å². The molecule has 1 aliphatic rings. The van der Waals surface area contributed by atoms with Gasteiger partial charge in [0.15, 0.2) is 0 Å². The Balaban J connectivity index is 0. The molecule has 1 fully saturated rings. The predicted octanol–water partition coefficient (Wildman–Crippen LogP) is -3.11. The molecule has 0 saturated carbocycles. The third-order valence-corrected chi connectivity index (χ3v) is 1.59. The van der Waals surface area contributed by atoms with E-state index in [9.17, 15) is 14.4 Å². The molecule has 1 rings (SSSR count). The predicted molar refractivity (Wildman–Crippen MR) is 49.4 cm³/mol. The minimum atomic E-state index is -0.873. The van der Waals surface area contributed by atoms with E-state index < -0.39 is 22.6 Å². The van der Waals surface area contributed by atoms with Crippen LogP contribution in [0.25, 0.3) is 0 Å². The summed E-state index contributed by atoms with van der Waals surface area (Å²) in [7, 11) is 0. The van der Waals surface area contributed by atoms with E-state index >= 15 is 0 Å². The van der Waals surface area contributed by atoms with E-state index in [-0.39, 0.29) is 37.5 Å². The van der Waals surface area contributed by atoms with Crippen molar-refractivity contribution >= 4 is 30.5 Å². The first-order valence-electron chi connectivity index (χ1n) is 3.70. The molecule has 4 amide bonds. The topological polar surface area (TPSA) is 66.5 Å². The van der Waals surface area contributed by atoms with Crippen LogP contribution in [0, 0.1) is 0 Å². The molecule has 5 nitrogen and oxygen atoms in total. The zero-order valence-corrected chi connectivity index (χ0v) is 11.2. The fraction of sp³-hybridized carbons (Fsp3) is 0.571. The van der Waals surface area contributed by atoms with Crippen LogP contribution in [0.4, 0.5) is 4.79 Å². The quantitative estimate of drug-likeness (QED) is 0.227. The van der Waals surface area contributed by atoms with Gasteiger partial charge in [-0.25, -0.2) is 4.79 Å². The van der Waals surface area contributed by atoms with Gasteiger partial charge in [0.05, 0.1) is 0 Å². The van der Waals surface area contributed by atoms with Gasteiger partial charge >= 0.3 is 47.4 Å². The monoisotopic (exact) mass is 226 g/mol. The van der Waals surface area contributed by atoms with E-state index in [1.165, 1.54) is 0 Å². The molecule has 0 spiro atoms. The number of carbonyl (C=O) groups is 3. The van der Waals surface area contributed by atoms with Crippen molar-refractivity contribution in [2.45, 2.75) is 18.6 Å². The molecular weight excluding hydrogens is 215 g/mol. The average Bonchev–Trinajstić information content (AvgIpc) is 2.14. The first-order valence-corrected chi connectivity index (χ1v) is 4.15. The number of urea groups is 1. The number of carbonyl (C=O) groups excluding carboxylic acids is 3. The summed E-state index contributed by atoms with van der Waals surface area (Å²) in [5.74, 6) is -1.69. The van der Waals surface area contributed by atoms with Crippen molar-refractivity contribution in [1.29, 1.82) is 0 Å². The summed E-state index contributed by atoms with van der Waals surface area (Å²) in [6.45, 7) is 3.62. The fourth-order valence-electron chi connectivity index (χ4n) is 0.963. The molecule has 0 bridgehead atoms. The molecule has 14 heavy (non-hydrogen) atoms. The molecule has 0 atom stereocenters. The molecule has 0 aromatic carbocycles. The van der Waals surface area contributed by atoms with Crippen molar-refractivity contribution in [2.75, 3.05) is 6.54 Å². The second-order valence-electron chi connectivity index (χ2n) is 3.46. The number of nitrogens with zero attached hydrogens (tertiary/aromatic N) is 1. The maximum atomic E-state index is 11.1. The van der Waals surface area contributed by atoms with Gasteiger partial charge in [0.2, 0.25) is 0 Å². The molecule has 1 saturated heterocycles. The number of amides is 4. The molecule has 1 aliphatic heterocycles. The average molecular weight is 226 g/mol. The summed E-state index contributed by atoms with van der Waals surface area (Å²) in [6, 6.07) is -0.669. The standard InChI is InChI=1S/C7H10N2O3S.Na.H/c1-7(2,13)3-9-5(11)4(10)8-6(9)12;;/h13H,3H2,1-2H3,(H,8,10,12);;/q;+1;-1. The van der Waals surface area contributed by atoms with Gasteiger partial charge in [-0.3, -0.25) is 19.8 Å². The Morgan fingerprint density at radius 2 is 1.93 bits per heavy atom. The number of hydrogen-bond donors (Lipinski definition) is 2. The van der Waals surface area contributed by atoms with E-state index in [2.05, 4.69) is 12.6 Å².